The Bertz CT molecular complexity index is 1380. The van der Waals surface area contributed by atoms with E-state index in [1.54, 1.807) is 36.6 Å². The number of rotatable bonds is 5. The van der Waals surface area contributed by atoms with E-state index in [-0.39, 0.29) is 33.8 Å². The van der Waals surface area contributed by atoms with Crippen LogP contribution < -0.4 is 10.9 Å². The van der Waals surface area contributed by atoms with Crippen LogP contribution in [0.1, 0.15) is 27.8 Å². The van der Waals surface area contributed by atoms with Crippen LogP contribution in [-0.2, 0) is 4.74 Å². The number of carbonyl (C=O) groups is 2. The van der Waals surface area contributed by atoms with Gasteiger partial charge in [-0.1, -0.05) is 15.9 Å². The Morgan fingerprint density at radius 1 is 1.16 bits per heavy atom. The van der Waals surface area contributed by atoms with Crippen molar-refractivity contribution in [3.05, 3.63) is 85.8 Å². The molecule has 0 radical (unpaired) electrons. The molecule has 0 spiro atoms. The van der Waals surface area contributed by atoms with Gasteiger partial charge >= 0.3 is 5.97 Å². The number of fused-ring (bicyclic) bond motifs is 1. The summed E-state index contributed by atoms with van der Waals surface area (Å²) in [4.78, 5) is 38.6. The number of thiophene rings is 1. The number of amides is 1. The van der Waals surface area contributed by atoms with Gasteiger partial charge in [0.05, 0.1) is 17.7 Å². The zero-order valence-electron chi connectivity index (χ0n) is 16.6. The summed E-state index contributed by atoms with van der Waals surface area (Å²) in [5.74, 6) is -1.60. The molecule has 0 aliphatic rings. The molecule has 0 atom stereocenters. The monoisotopic (exact) mass is 515 g/mol. The lowest BCUT2D eigenvalue weighted by Crippen LogP contribution is -2.25. The standard InChI is InChI=1S/C22H15BrFN3O4S/c1-2-31-22(30)18-16-11-32-20(25-19(28)12-3-5-13(23)6-4-12)17(16)21(29)27(26-18)15-9-7-14(24)8-10-15/h3-11H,2H2,1H3,(H,25,28). The van der Waals surface area contributed by atoms with E-state index in [0.29, 0.717) is 5.56 Å². The number of nitrogens with one attached hydrogen (secondary N) is 1. The smallest absolute Gasteiger partial charge is 0.359 e. The molecule has 1 amide bonds. The Kier molecular flexibility index (Phi) is 6.15. The zero-order chi connectivity index (χ0) is 22.8. The molecule has 162 valence electrons. The lowest BCUT2D eigenvalue weighted by Gasteiger charge is -2.10. The minimum atomic E-state index is -0.711. The van der Waals surface area contributed by atoms with Crippen molar-refractivity contribution in [3.63, 3.8) is 0 Å². The molecular formula is C22H15BrFN3O4S. The maximum absolute atomic E-state index is 13.4. The van der Waals surface area contributed by atoms with Crippen molar-refractivity contribution in [2.75, 3.05) is 11.9 Å². The minimum Gasteiger partial charge on any atom is -0.461 e. The van der Waals surface area contributed by atoms with Gasteiger partial charge in [-0.05, 0) is 55.5 Å². The van der Waals surface area contributed by atoms with Crippen LogP contribution in [0.4, 0.5) is 9.39 Å². The molecule has 10 heteroatoms. The van der Waals surface area contributed by atoms with Crippen LogP contribution in [0.2, 0.25) is 0 Å². The molecule has 4 aromatic rings. The van der Waals surface area contributed by atoms with E-state index in [0.717, 1.165) is 20.5 Å². The molecule has 0 aliphatic carbocycles. The summed E-state index contributed by atoms with van der Waals surface area (Å²) >= 11 is 4.41. The first kappa shape index (κ1) is 21.8. The summed E-state index contributed by atoms with van der Waals surface area (Å²) in [6, 6.07) is 11.8. The highest BCUT2D eigenvalue weighted by Gasteiger charge is 2.23. The first-order chi connectivity index (χ1) is 15.4. The van der Waals surface area contributed by atoms with Crippen molar-refractivity contribution < 1.29 is 18.7 Å². The molecular weight excluding hydrogens is 501 g/mol. The van der Waals surface area contributed by atoms with E-state index >= 15 is 0 Å². The van der Waals surface area contributed by atoms with Gasteiger partial charge in [0, 0.05) is 20.8 Å². The van der Waals surface area contributed by atoms with Crippen LogP contribution in [0.25, 0.3) is 16.5 Å². The van der Waals surface area contributed by atoms with Gasteiger partial charge < -0.3 is 10.1 Å². The molecule has 4 rings (SSSR count). The molecule has 2 heterocycles. The van der Waals surface area contributed by atoms with E-state index < -0.39 is 23.3 Å². The average Bonchev–Trinajstić information content (AvgIpc) is 3.19. The van der Waals surface area contributed by atoms with Crippen molar-refractivity contribution in [1.82, 2.24) is 9.78 Å². The van der Waals surface area contributed by atoms with Crippen molar-refractivity contribution >= 4 is 54.9 Å². The summed E-state index contributed by atoms with van der Waals surface area (Å²) in [6.07, 6.45) is 0. The molecule has 0 fully saturated rings. The summed E-state index contributed by atoms with van der Waals surface area (Å²) < 4.78 is 20.3. The van der Waals surface area contributed by atoms with Crippen molar-refractivity contribution in [2.45, 2.75) is 6.92 Å². The summed E-state index contributed by atoms with van der Waals surface area (Å²) in [5.41, 5.74) is 0.0201. The first-order valence-electron chi connectivity index (χ1n) is 9.43. The molecule has 2 aromatic carbocycles. The maximum Gasteiger partial charge on any atom is 0.359 e. The quantitative estimate of drug-likeness (QED) is 0.386. The highest BCUT2D eigenvalue weighted by molar-refractivity contribution is 9.10. The average molecular weight is 516 g/mol. The van der Waals surface area contributed by atoms with Crippen LogP contribution >= 0.6 is 27.3 Å². The maximum atomic E-state index is 13.4. The number of nitrogens with zero attached hydrogens (tertiary/aromatic N) is 2. The third-order valence-corrected chi connectivity index (χ3v) is 5.95. The highest BCUT2D eigenvalue weighted by atomic mass is 79.9. The van der Waals surface area contributed by atoms with Gasteiger partial charge in [0.1, 0.15) is 10.8 Å². The molecule has 7 nitrogen and oxygen atoms in total. The molecule has 1 N–H and O–H groups in total. The third kappa shape index (κ3) is 4.19. The fourth-order valence-electron chi connectivity index (χ4n) is 3.03. The summed E-state index contributed by atoms with van der Waals surface area (Å²) in [5, 5.41) is 9.13. The topological polar surface area (TPSA) is 90.3 Å². The van der Waals surface area contributed by atoms with Crippen molar-refractivity contribution in [3.8, 4) is 5.69 Å². The SMILES string of the molecule is CCOC(=O)c1nn(-c2ccc(F)cc2)c(=O)c2c(NC(=O)c3ccc(Br)cc3)scc12. The van der Waals surface area contributed by atoms with Crippen LogP contribution in [0.5, 0.6) is 0 Å². The lowest BCUT2D eigenvalue weighted by molar-refractivity contribution is 0.0520. The zero-order valence-corrected chi connectivity index (χ0v) is 19.0. The number of aromatic nitrogens is 2. The molecule has 0 bridgehead atoms. The van der Waals surface area contributed by atoms with Gasteiger partial charge in [-0.15, -0.1) is 11.3 Å². The number of benzene rings is 2. The van der Waals surface area contributed by atoms with Gasteiger partial charge in [-0.25, -0.2) is 9.18 Å². The normalized spacial score (nSPS) is 10.8. The van der Waals surface area contributed by atoms with Crippen molar-refractivity contribution in [1.29, 1.82) is 0 Å². The number of hydrogen-bond donors (Lipinski definition) is 1. The van der Waals surface area contributed by atoms with Crippen LogP contribution in [-0.4, -0.2) is 28.3 Å². The molecule has 32 heavy (non-hydrogen) atoms. The number of ether oxygens (including phenoxy) is 1. The minimum absolute atomic E-state index is 0.0776. The first-order valence-corrected chi connectivity index (χ1v) is 11.1. The predicted molar refractivity (Wildman–Crippen MR) is 123 cm³/mol. The van der Waals surface area contributed by atoms with E-state index in [2.05, 4.69) is 26.3 Å². The Labute approximate surface area is 193 Å². The molecule has 2 aromatic heterocycles. The largest absolute Gasteiger partial charge is 0.461 e. The lowest BCUT2D eigenvalue weighted by atomic mass is 10.2. The van der Waals surface area contributed by atoms with Gasteiger partial charge in [0.2, 0.25) is 0 Å². The van der Waals surface area contributed by atoms with Gasteiger partial charge in [0.15, 0.2) is 5.69 Å². The second-order valence-electron chi connectivity index (χ2n) is 6.58. The highest BCUT2D eigenvalue weighted by Crippen LogP contribution is 2.31. The van der Waals surface area contributed by atoms with Gasteiger partial charge in [-0.2, -0.15) is 9.78 Å². The second-order valence-corrected chi connectivity index (χ2v) is 8.37. The summed E-state index contributed by atoms with van der Waals surface area (Å²) in [7, 11) is 0. The van der Waals surface area contributed by atoms with E-state index in [1.165, 1.54) is 24.3 Å². The third-order valence-electron chi connectivity index (χ3n) is 4.53. The van der Waals surface area contributed by atoms with E-state index in [1.807, 2.05) is 0 Å². The van der Waals surface area contributed by atoms with Crippen molar-refractivity contribution in [2.24, 2.45) is 0 Å². The summed E-state index contributed by atoms with van der Waals surface area (Å²) in [6.45, 7) is 1.78. The number of hydrogen-bond acceptors (Lipinski definition) is 6. The van der Waals surface area contributed by atoms with Gasteiger partial charge in [0.25, 0.3) is 11.5 Å². The second kappa shape index (κ2) is 9.01. The Morgan fingerprint density at radius 3 is 2.50 bits per heavy atom. The molecule has 0 aliphatic heterocycles. The van der Waals surface area contributed by atoms with E-state index in [9.17, 15) is 18.8 Å². The predicted octanol–water partition coefficient (Wildman–Crippen LogP) is 4.78. The molecule has 0 saturated carbocycles. The van der Waals surface area contributed by atoms with E-state index in [4.69, 9.17) is 4.74 Å². The van der Waals surface area contributed by atoms with Crippen LogP contribution in [0, 0.1) is 5.82 Å². The van der Waals surface area contributed by atoms with Crippen LogP contribution in [0.3, 0.4) is 0 Å². The Balaban J connectivity index is 1.87. The molecule has 0 saturated heterocycles. The number of anilines is 1. The van der Waals surface area contributed by atoms with Crippen LogP contribution in [0.15, 0.2) is 63.2 Å². The fourth-order valence-corrected chi connectivity index (χ4v) is 4.22. The number of esters is 1. The number of halogens is 2. The Hall–Kier alpha value is -3.37. The fraction of sp³-hybridized carbons (Fsp3) is 0.0909. The number of carbonyl (C=O) groups excluding carboxylic acids is 2. The Morgan fingerprint density at radius 2 is 1.84 bits per heavy atom. The van der Waals surface area contributed by atoms with Gasteiger partial charge in [-0.3, -0.25) is 9.59 Å². The molecule has 0 unspecified atom stereocenters.